The van der Waals surface area contributed by atoms with Gasteiger partial charge in [0.05, 0.1) is 53.8 Å². The number of esters is 1. The summed E-state index contributed by atoms with van der Waals surface area (Å²) in [5.74, 6) is -0.341. The van der Waals surface area contributed by atoms with Gasteiger partial charge >= 0.3 is 12.1 Å². The van der Waals surface area contributed by atoms with E-state index in [1.807, 2.05) is 48.5 Å². The molecule has 11 heteroatoms. The predicted octanol–water partition coefficient (Wildman–Crippen LogP) is 5.27. The summed E-state index contributed by atoms with van der Waals surface area (Å²) in [6.45, 7) is 7.22. The number of ether oxygens (including phenoxy) is 6. The van der Waals surface area contributed by atoms with Crippen molar-refractivity contribution >= 4 is 18.0 Å². The molecule has 0 heterocycles. The number of benzene rings is 3. The highest BCUT2D eigenvalue weighted by atomic mass is 16.5. The van der Waals surface area contributed by atoms with E-state index in [1.165, 1.54) is 45.5 Å². The van der Waals surface area contributed by atoms with Crippen LogP contribution in [0.15, 0.2) is 86.0 Å². The van der Waals surface area contributed by atoms with E-state index in [9.17, 15) is 14.4 Å². The Morgan fingerprint density at radius 3 is 2.00 bits per heavy atom. The van der Waals surface area contributed by atoms with E-state index in [0.29, 0.717) is 22.8 Å². The van der Waals surface area contributed by atoms with Crippen molar-refractivity contribution in [3.05, 3.63) is 103 Å². The fraction of sp³-hybridized carbons (Fsp3) is 0.324. The molecule has 0 saturated carbocycles. The Labute approximate surface area is 281 Å². The normalized spacial score (nSPS) is 12.8. The highest BCUT2D eigenvalue weighted by Crippen LogP contribution is 2.44. The quantitative estimate of drug-likeness (QED) is 0.118. The average Bonchev–Trinajstić information content (AvgIpc) is 3.44. The van der Waals surface area contributed by atoms with E-state index in [4.69, 9.17) is 28.4 Å². The van der Waals surface area contributed by atoms with Crippen LogP contribution in [-0.4, -0.2) is 83.2 Å². The van der Waals surface area contributed by atoms with Gasteiger partial charge in [-0.15, -0.1) is 13.2 Å². The number of carbonyl (C=O) groups is 3. The molecule has 254 valence electrons. The van der Waals surface area contributed by atoms with Crippen molar-refractivity contribution in [3.63, 3.8) is 0 Å². The molecule has 0 radical (unpaired) electrons. The minimum absolute atomic E-state index is 0.0395. The van der Waals surface area contributed by atoms with Crippen LogP contribution in [0.4, 0.5) is 4.79 Å². The number of amides is 2. The van der Waals surface area contributed by atoms with Crippen LogP contribution in [0.25, 0.3) is 11.1 Å². The first kappa shape index (κ1) is 35.6. The van der Waals surface area contributed by atoms with Gasteiger partial charge in [0.15, 0.2) is 6.04 Å². The summed E-state index contributed by atoms with van der Waals surface area (Å²) >= 11 is 0. The molecule has 11 nitrogen and oxygen atoms in total. The van der Waals surface area contributed by atoms with Crippen molar-refractivity contribution in [2.24, 2.45) is 0 Å². The van der Waals surface area contributed by atoms with Crippen molar-refractivity contribution in [3.8, 4) is 28.4 Å². The SMILES string of the molecule is C=CCOC[C@@H](C(=O)OC)N(Cc1c(OC)cc(OC)cc1OC)C(=O)[C@H](CC=C)NC(=O)OCC1c2ccccc2-c2ccccc21. The minimum Gasteiger partial charge on any atom is -0.496 e. The number of alkyl carbamates (subject to hydrolysis) is 1. The molecule has 0 spiro atoms. The number of nitrogens with one attached hydrogen (secondary N) is 1. The average molecular weight is 659 g/mol. The molecule has 4 rings (SSSR count). The molecule has 1 N–H and O–H groups in total. The number of nitrogens with zero attached hydrogens (tertiary/aromatic N) is 1. The van der Waals surface area contributed by atoms with Crippen LogP contribution >= 0.6 is 0 Å². The third kappa shape index (κ3) is 7.98. The highest BCUT2D eigenvalue weighted by Gasteiger charge is 2.37. The number of hydrogen-bond donors (Lipinski definition) is 1. The van der Waals surface area contributed by atoms with Crippen molar-refractivity contribution in [2.45, 2.75) is 31.0 Å². The fourth-order valence-electron chi connectivity index (χ4n) is 5.80. The van der Waals surface area contributed by atoms with Crippen LogP contribution in [-0.2, 0) is 30.3 Å². The second kappa shape index (κ2) is 17.0. The summed E-state index contributed by atoms with van der Waals surface area (Å²) in [7, 11) is 5.65. The molecule has 48 heavy (non-hydrogen) atoms. The number of rotatable bonds is 17. The monoisotopic (exact) mass is 658 g/mol. The van der Waals surface area contributed by atoms with Gasteiger partial charge < -0.3 is 38.6 Å². The van der Waals surface area contributed by atoms with Gasteiger partial charge in [0, 0.05) is 18.1 Å². The van der Waals surface area contributed by atoms with Crippen LogP contribution in [0.5, 0.6) is 17.2 Å². The second-order valence-corrected chi connectivity index (χ2v) is 10.9. The lowest BCUT2D eigenvalue weighted by Crippen LogP contribution is -2.55. The standard InChI is InChI=1S/C37H42N2O9/c1-7-13-31(38-37(42)48-22-30-27-16-11-9-14-25(27)26-15-10-12-17-28(26)30)35(40)39(32(36(41)46-6)23-47-18-8-2)21-29-33(44-4)19-24(43-3)20-34(29)45-5/h7-12,14-17,19-20,30-32H,1-2,13,18,21-23H2,3-6H3,(H,38,42)/t31-,32-/m0/s1. The Kier molecular flexibility index (Phi) is 12.6. The van der Waals surface area contributed by atoms with Gasteiger partial charge in [-0.05, 0) is 28.7 Å². The third-order valence-corrected chi connectivity index (χ3v) is 8.13. The Balaban J connectivity index is 1.62. The Bertz CT molecular complexity index is 1550. The summed E-state index contributed by atoms with van der Waals surface area (Å²) < 4.78 is 33.1. The summed E-state index contributed by atoms with van der Waals surface area (Å²) in [5.41, 5.74) is 4.74. The molecule has 0 fully saturated rings. The van der Waals surface area contributed by atoms with Gasteiger partial charge in [0.2, 0.25) is 5.91 Å². The van der Waals surface area contributed by atoms with Gasteiger partial charge in [-0.2, -0.15) is 0 Å². The summed E-state index contributed by atoms with van der Waals surface area (Å²) in [4.78, 5) is 42.1. The fourth-order valence-corrected chi connectivity index (χ4v) is 5.80. The molecule has 0 aliphatic heterocycles. The van der Waals surface area contributed by atoms with Crippen molar-refractivity contribution in [1.29, 1.82) is 0 Å². The maximum absolute atomic E-state index is 14.4. The maximum Gasteiger partial charge on any atom is 0.407 e. The van der Waals surface area contributed by atoms with E-state index >= 15 is 0 Å². The summed E-state index contributed by atoms with van der Waals surface area (Å²) in [6.07, 6.45) is 2.27. The topological polar surface area (TPSA) is 122 Å². The van der Waals surface area contributed by atoms with E-state index in [-0.39, 0.29) is 38.7 Å². The van der Waals surface area contributed by atoms with Gasteiger partial charge in [-0.3, -0.25) is 4.79 Å². The predicted molar refractivity (Wildman–Crippen MR) is 180 cm³/mol. The van der Waals surface area contributed by atoms with Crippen molar-refractivity contribution in [2.75, 3.05) is 48.3 Å². The van der Waals surface area contributed by atoms with Crippen molar-refractivity contribution < 1.29 is 42.8 Å². The first-order valence-electron chi connectivity index (χ1n) is 15.4. The zero-order valence-corrected chi connectivity index (χ0v) is 27.7. The van der Waals surface area contributed by atoms with Gasteiger partial charge in [-0.25, -0.2) is 9.59 Å². The lowest BCUT2D eigenvalue weighted by atomic mass is 9.98. The van der Waals surface area contributed by atoms with Crippen LogP contribution in [0.3, 0.4) is 0 Å². The molecule has 2 amide bonds. The van der Waals surface area contributed by atoms with Gasteiger partial charge in [-0.1, -0.05) is 60.7 Å². The molecule has 3 aromatic rings. The van der Waals surface area contributed by atoms with Crippen LogP contribution in [0.1, 0.15) is 29.0 Å². The number of hydrogen-bond acceptors (Lipinski definition) is 9. The lowest BCUT2D eigenvalue weighted by molar-refractivity contribution is -0.156. The molecule has 1 aliphatic carbocycles. The largest absolute Gasteiger partial charge is 0.496 e. The molecule has 1 aliphatic rings. The Morgan fingerprint density at radius 1 is 0.875 bits per heavy atom. The Morgan fingerprint density at radius 2 is 1.48 bits per heavy atom. The summed E-state index contributed by atoms with van der Waals surface area (Å²) in [5, 5.41) is 2.70. The van der Waals surface area contributed by atoms with Crippen molar-refractivity contribution in [1.82, 2.24) is 10.2 Å². The molecule has 0 bridgehead atoms. The van der Waals surface area contributed by atoms with E-state index in [1.54, 1.807) is 12.1 Å². The molecular formula is C37H42N2O9. The Hall–Kier alpha value is -5.29. The van der Waals surface area contributed by atoms with E-state index in [0.717, 1.165) is 22.3 Å². The molecule has 0 saturated heterocycles. The van der Waals surface area contributed by atoms with Crippen LogP contribution in [0.2, 0.25) is 0 Å². The maximum atomic E-state index is 14.4. The molecule has 3 aromatic carbocycles. The zero-order chi connectivity index (χ0) is 34.6. The summed E-state index contributed by atoms with van der Waals surface area (Å²) in [6, 6.07) is 16.9. The molecular weight excluding hydrogens is 616 g/mol. The van der Waals surface area contributed by atoms with Crippen LogP contribution in [0, 0.1) is 0 Å². The first-order chi connectivity index (χ1) is 23.3. The number of carbonyl (C=O) groups excluding carboxylic acids is 3. The number of methoxy groups -OCH3 is 4. The zero-order valence-electron chi connectivity index (χ0n) is 27.7. The van der Waals surface area contributed by atoms with E-state index < -0.39 is 30.1 Å². The first-order valence-corrected chi connectivity index (χ1v) is 15.4. The molecule has 0 unspecified atom stereocenters. The number of fused-ring (bicyclic) bond motifs is 3. The highest BCUT2D eigenvalue weighted by molar-refractivity contribution is 5.90. The van der Waals surface area contributed by atoms with Crippen LogP contribution < -0.4 is 19.5 Å². The smallest absolute Gasteiger partial charge is 0.407 e. The minimum atomic E-state index is -1.21. The third-order valence-electron chi connectivity index (χ3n) is 8.13. The van der Waals surface area contributed by atoms with Gasteiger partial charge in [0.25, 0.3) is 0 Å². The second-order valence-electron chi connectivity index (χ2n) is 10.9. The molecule has 2 atom stereocenters. The van der Waals surface area contributed by atoms with E-state index in [2.05, 4.69) is 18.5 Å². The molecule has 0 aromatic heterocycles. The van der Waals surface area contributed by atoms with Gasteiger partial charge in [0.1, 0.15) is 29.9 Å². The lowest BCUT2D eigenvalue weighted by Gasteiger charge is -2.33.